The maximum atomic E-state index is 13.7. The second-order valence-corrected chi connectivity index (χ2v) is 6.50. The first-order valence-electron chi connectivity index (χ1n) is 5.31. The van der Waals surface area contributed by atoms with Crippen molar-refractivity contribution in [2.24, 2.45) is 7.05 Å². The van der Waals surface area contributed by atoms with E-state index in [1.54, 1.807) is 7.05 Å². The molecule has 0 saturated carbocycles. The molecule has 0 atom stereocenters. The summed E-state index contributed by atoms with van der Waals surface area (Å²) in [5.74, 6) is -1.46. The minimum Gasteiger partial charge on any atom is -0.319 e. The second kappa shape index (κ2) is 5.22. The molecule has 0 radical (unpaired) electrons. The van der Waals surface area contributed by atoms with Crippen molar-refractivity contribution in [2.45, 2.75) is 4.90 Å². The number of anilines is 1. The van der Waals surface area contributed by atoms with Gasteiger partial charge < -0.3 is 5.32 Å². The molecule has 0 aliphatic carbocycles. The predicted molar refractivity (Wildman–Crippen MR) is 70.6 cm³/mol. The van der Waals surface area contributed by atoms with E-state index in [0.717, 1.165) is 18.2 Å². The van der Waals surface area contributed by atoms with Crippen LogP contribution in [0.15, 0.2) is 35.5 Å². The first-order chi connectivity index (χ1) is 9.27. The monoisotopic (exact) mass is 317 g/mol. The number of nitrogens with zero attached hydrogens (tertiary/aromatic N) is 2. The number of benzene rings is 1. The van der Waals surface area contributed by atoms with E-state index < -0.39 is 20.8 Å². The summed E-state index contributed by atoms with van der Waals surface area (Å²) in [7, 11) is 2.72. The molecule has 1 heterocycles. The third-order valence-corrected chi connectivity index (χ3v) is 3.79. The largest absolute Gasteiger partial charge is 0.319 e. The summed E-state index contributed by atoms with van der Waals surface area (Å²) in [4.78, 5) is 11.4. The summed E-state index contributed by atoms with van der Waals surface area (Å²) in [6, 6.07) is 2.96. The summed E-state index contributed by atoms with van der Waals surface area (Å²) in [6.45, 7) is 0. The van der Waals surface area contributed by atoms with Crippen LogP contribution >= 0.6 is 10.7 Å². The van der Waals surface area contributed by atoms with Gasteiger partial charge in [-0.15, -0.1) is 0 Å². The molecule has 0 spiro atoms. The molecule has 0 unspecified atom stereocenters. The lowest BCUT2D eigenvalue weighted by Crippen LogP contribution is -2.12. The fourth-order valence-corrected chi connectivity index (χ4v) is 2.24. The summed E-state index contributed by atoms with van der Waals surface area (Å²) < 4.78 is 37.2. The number of halogens is 2. The lowest BCUT2D eigenvalue weighted by atomic mass is 10.2. The van der Waals surface area contributed by atoms with Crippen LogP contribution in [0.25, 0.3) is 0 Å². The van der Waals surface area contributed by atoms with Crippen molar-refractivity contribution >= 4 is 31.3 Å². The van der Waals surface area contributed by atoms with Gasteiger partial charge in [-0.3, -0.25) is 9.48 Å². The van der Waals surface area contributed by atoms with E-state index in [-0.39, 0.29) is 16.1 Å². The van der Waals surface area contributed by atoms with Gasteiger partial charge in [0.2, 0.25) is 0 Å². The van der Waals surface area contributed by atoms with Gasteiger partial charge in [0.15, 0.2) is 0 Å². The Bertz CT molecular complexity index is 773. The molecular formula is C11H9ClFN3O3S. The molecule has 9 heteroatoms. The SMILES string of the molecule is Cn1cc(C(=O)Nc2ccc(S(=O)(=O)Cl)cc2F)cn1. The Kier molecular flexibility index (Phi) is 3.78. The van der Waals surface area contributed by atoms with Gasteiger partial charge in [0.25, 0.3) is 15.0 Å². The van der Waals surface area contributed by atoms with E-state index in [0.29, 0.717) is 0 Å². The molecule has 106 valence electrons. The molecule has 2 aromatic rings. The minimum absolute atomic E-state index is 0.150. The molecule has 1 aromatic heterocycles. The van der Waals surface area contributed by atoms with Crippen LogP contribution in [0, 0.1) is 5.82 Å². The molecule has 0 bridgehead atoms. The fraction of sp³-hybridized carbons (Fsp3) is 0.0909. The molecule has 1 N–H and O–H groups in total. The van der Waals surface area contributed by atoms with Crippen LogP contribution in [-0.2, 0) is 16.1 Å². The van der Waals surface area contributed by atoms with E-state index in [2.05, 4.69) is 10.4 Å². The molecule has 1 amide bonds. The number of aromatic nitrogens is 2. The van der Waals surface area contributed by atoms with Crippen molar-refractivity contribution < 1.29 is 17.6 Å². The van der Waals surface area contributed by atoms with Gasteiger partial charge >= 0.3 is 0 Å². The fourth-order valence-electron chi connectivity index (χ4n) is 1.48. The molecule has 1 aromatic carbocycles. The molecule has 20 heavy (non-hydrogen) atoms. The summed E-state index contributed by atoms with van der Waals surface area (Å²) in [5.41, 5.74) is 0.101. The van der Waals surface area contributed by atoms with Crippen molar-refractivity contribution in [3.8, 4) is 0 Å². The number of nitrogens with one attached hydrogen (secondary N) is 1. The highest BCUT2D eigenvalue weighted by Gasteiger charge is 2.15. The van der Waals surface area contributed by atoms with Gasteiger partial charge in [0.05, 0.1) is 22.3 Å². The topological polar surface area (TPSA) is 81.1 Å². The van der Waals surface area contributed by atoms with Gasteiger partial charge in [-0.05, 0) is 18.2 Å². The van der Waals surface area contributed by atoms with Crippen LogP contribution in [0.4, 0.5) is 10.1 Å². The molecule has 0 aliphatic rings. The number of rotatable bonds is 3. The highest BCUT2D eigenvalue weighted by atomic mass is 35.7. The van der Waals surface area contributed by atoms with Crippen molar-refractivity contribution in [3.05, 3.63) is 42.0 Å². The Balaban J connectivity index is 2.25. The Morgan fingerprint density at radius 3 is 2.65 bits per heavy atom. The second-order valence-electron chi connectivity index (χ2n) is 3.94. The first-order valence-corrected chi connectivity index (χ1v) is 7.62. The highest BCUT2D eigenvalue weighted by molar-refractivity contribution is 8.13. The third-order valence-electron chi connectivity index (χ3n) is 2.44. The lowest BCUT2D eigenvalue weighted by molar-refractivity contribution is 0.102. The normalized spacial score (nSPS) is 11.3. The lowest BCUT2D eigenvalue weighted by Gasteiger charge is -2.06. The van der Waals surface area contributed by atoms with Crippen molar-refractivity contribution in [1.82, 2.24) is 9.78 Å². The smallest absolute Gasteiger partial charge is 0.261 e. The van der Waals surface area contributed by atoms with E-state index in [1.165, 1.54) is 17.1 Å². The minimum atomic E-state index is -4.01. The summed E-state index contributed by atoms with van der Waals surface area (Å²) in [6.07, 6.45) is 2.79. The Morgan fingerprint density at radius 1 is 1.45 bits per heavy atom. The zero-order valence-electron chi connectivity index (χ0n) is 10.2. The zero-order chi connectivity index (χ0) is 14.9. The first kappa shape index (κ1) is 14.5. The Morgan fingerprint density at radius 2 is 2.15 bits per heavy atom. The van der Waals surface area contributed by atoms with Crippen LogP contribution in [0.2, 0.25) is 0 Å². The number of aryl methyl sites for hydroxylation is 1. The Labute approximate surface area is 118 Å². The highest BCUT2D eigenvalue weighted by Crippen LogP contribution is 2.22. The van der Waals surface area contributed by atoms with E-state index in [1.807, 2.05) is 0 Å². The maximum Gasteiger partial charge on any atom is 0.261 e. The van der Waals surface area contributed by atoms with Crippen molar-refractivity contribution in [1.29, 1.82) is 0 Å². The summed E-state index contributed by atoms with van der Waals surface area (Å²) in [5, 5.41) is 6.13. The van der Waals surface area contributed by atoms with Gasteiger partial charge in [-0.25, -0.2) is 12.8 Å². The molecular weight excluding hydrogens is 309 g/mol. The predicted octanol–water partition coefficient (Wildman–Crippen LogP) is 1.74. The number of amides is 1. The number of hydrogen-bond acceptors (Lipinski definition) is 4. The van der Waals surface area contributed by atoms with Crippen LogP contribution in [0.1, 0.15) is 10.4 Å². The van der Waals surface area contributed by atoms with E-state index in [4.69, 9.17) is 10.7 Å². The third kappa shape index (κ3) is 3.14. The van der Waals surface area contributed by atoms with Gasteiger partial charge in [0, 0.05) is 23.9 Å². The number of carbonyl (C=O) groups excluding carboxylic acids is 1. The molecule has 0 saturated heterocycles. The Hall–Kier alpha value is -1.93. The van der Waals surface area contributed by atoms with Crippen LogP contribution in [0.5, 0.6) is 0 Å². The van der Waals surface area contributed by atoms with Crippen LogP contribution in [-0.4, -0.2) is 24.1 Å². The summed E-state index contributed by atoms with van der Waals surface area (Å²) >= 11 is 0. The van der Waals surface area contributed by atoms with Gasteiger partial charge in [0.1, 0.15) is 5.82 Å². The quantitative estimate of drug-likeness (QED) is 0.874. The zero-order valence-corrected chi connectivity index (χ0v) is 11.7. The van der Waals surface area contributed by atoms with Crippen LogP contribution < -0.4 is 5.32 Å². The maximum absolute atomic E-state index is 13.7. The average Bonchev–Trinajstić information content (AvgIpc) is 2.77. The standard InChI is InChI=1S/C11H9ClFN3O3S/c1-16-6-7(5-14-16)11(17)15-10-3-2-8(4-9(10)13)20(12,18)19/h2-6H,1H3,(H,15,17). The van der Waals surface area contributed by atoms with E-state index in [9.17, 15) is 17.6 Å². The van der Waals surface area contributed by atoms with Crippen molar-refractivity contribution in [2.75, 3.05) is 5.32 Å². The van der Waals surface area contributed by atoms with Crippen molar-refractivity contribution in [3.63, 3.8) is 0 Å². The number of carbonyl (C=O) groups is 1. The van der Waals surface area contributed by atoms with Gasteiger partial charge in [-0.2, -0.15) is 5.10 Å². The molecule has 0 fully saturated rings. The molecule has 2 rings (SSSR count). The molecule has 0 aliphatic heterocycles. The van der Waals surface area contributed by atoms with E-state index >= 15 is 0 Å². The average molecular weight is 318 g/mol. The van der Waals surface area contributed by atoms with Gasteiger partial charge in [-0.1, -0.05) is 0 Å². The number of hydrogen-bond donors (Lipinski definition) is 1. The molecule has 6 nitrogen and oxygen atoms in total. The van der Waals surface area contributed by atoms with Crippen LogP contribution in [0.3, 0.4) is 0 Å².